The lowest BCUT2D eigenvalue weighted by atomic mass is 10.2. The highest BCUT2D eigenvalue weighted by molar-refractivity contribution is 5.51. The molecule has 0 atom stereocenters. The third-order valence-corrected chi connectivity index (χ3v) is 4.94. The number of nitrogens with zero attached hydrogens (tertiary/aromatic N) is 3. The van der Waals surface area contributed by atoms with Crippen LogP contribution in [-0.4, -0.2) is 43.2 Å². The van der Waals surface area contributed by atoms with E-state index in [9.17, 15) is 4.79 Å². The van der Waals surface area contributed by atoms with Crippen LogP contribution in [0.5, 0.6) is 5.75 Å². The van der Waals surface area contributed by atoms with Gasteiger partial charge in [0, 0.05) is 43.3 Å². The first-order valence-electron chi connectivity index (χ1n) is 10.5. The van der Waals surface area contributed by atoms with Gasteiger partial charge in [0.05, 0.1) is 0 Å². The summed E-state index contributed by atoms with van der Waals surface area (Å²) in [6.45, 7) is 5.64. The van der Waals surface area contributed by atoms with Crippen LogP contribution in [0.2, 0.25) is 0 Å². The van der Waals surface area contributed by atoms with Gasteiger partial charge in [-0.15, -0.1) is 0 Å². The van der Waals surface area contributed by atoms with E-state index in [-0.39, 0.29) is 5.56 Å². The normalized spacial score (nSPS) is 10.9. The number of rotatable bonds is 10. The molecule has 30 heavy (non-hydrogen) atoms. The minimum atomic E-state index is -0.105. The van der Waals surface area contributed by atoms with Crippen LogP contribution >= 0.6 is 0 Å². The molecule has 0 bridgehead atoms. The summed E-state index contributed by atoms with van der Waals surface area (Å²) >= 11 is 0. The van der Waals surface area contributed by atoms with Gasteiger partial charge in [0.25, 0.3) is 5.56 Å². The highest BCUT2D eigenvalue weighted by Gasteiger charge is 2.08. The molecule has 1 aromatic heterocycles. The van der Waals surface area contributed by atoms with E-state index in [4.69, 9.17) is 4.74 Å². The molecule has 0 fully saturated rings. The largest absolute Gasteiger partial charge is 0.489 e. The molecule has 0 aliphatic rings. The van der Waals surface area contributed by atoms with Crippen molar-refractivity contribution in [1.29, 1.82) is 0 Å². The van der Waals surface area contributed by atoms with Crippen molar-refractivity contribution in [3.05, 3.63) is 88.8 Å². The van der Waals surface area contributed by atoms with Gasteiger partial charge in [-0.1, -0.05) is 37.3 Å². The van der Waals surface area contributed by atoms with E-state index < -0.39 is 0 Å². The Morgan fingerprint density at radius 3 is 2.27 bits per heavy atom. The van der Waals surface area contributed by atoms with Crippen LogP contribution in [-0.2, 0) is 6.61 Å². The van der Waals surface area contributed by atoms with Gasteiger partial charge in [-0.2, -0.15) is 0 Å². The van der Waals surface area contributed by atoms with Gasteiger partial charge in [0.15, 0.2) is 0 Å². The predicted molar refractivity (Wildman–Crippen MR) is 124 cm³/mol. The van der Waals surface area contributed by atoms with Crippen LogP contribution in [0.3, 0.4) is 0 Å². The average molecular weight is 406 g/mol. The third kappa shape index (κ3) is 5.97. The quantitative estimate of drug-likeness (QED) is 0.507. The Labute approximate surface area is 179 Å². The SMILES string of the molecule is CCCN(CCN(C)C)c1ccc(-n2ccc(OCc3ccccc3)cc2=O)cc1. The van der Waals surface area contributed by atoms with Crippen molar-refractivity contribution in [3.63, 3.8) is 0 Å². The maximum Gasteiger partial charge on any atom is 0.258 e. The minimum Gasteiger partial charge on any atom is -0.489 e. The zero-order valence-corrected chi connectivity index (χ0v) is 18.1. The molecule has 0 spiro atoms. The Morgan fingerprint density at radius 1 is 0.900 bits per heavy atom. The van der Waals surface area contributed by atoms with Crippen LogP contribution in [0.25, 0.3) is 5.69 Å². The molecule has 0 aliphatic carbocycles. The van der Waals surface area contributed by atoms with Crippen LogP contribution in [0, 0.1) is 0 Å². The topological polar surface area (TPSA) is 37.7 Å². The molecule has 0 saturated heterocycles. The average Bonchev–Trinajstić information content (AvgIpc) is 2.76. The lowest BCUT2D eigenvalue weighted by Crippen LogP contribution is -2.32. The lowest BCUT2D eigenvalue weighted by molar-refractivity contribution is 0.305. The lowest BCUT2D eigenvalue weighted by Gasteiger charge is -2.26. The molecule has 0 saturated carbocycles. The first-order valence-corrected chi connectivity index (χ1v) is 10.5. The highest BCUT2D eigenvalue weighted by atomic mass is 16.5. The van der Waals surface area contributed by atoms with Crippen LogP contribution < -0.4 is 15.2 Å². The van der Waals surface area contributed by atoms with E-state index >= 15 is 0 Å². The number of hydrogen-bond donors (Lipinski definition) is 0. The molecule has 1 heterocycles. The molecule has 0 amide bonds. The van der Waals surface area contributed by atoms with Gasteiger partial charge in [-0.05, 0) is 56.4 Å². The fourth-order valence-corrected chi connectivity index (χ4v) is 3.29. The summed E-state index contributed by atoms with van der Waals surface area (Å²) in [6.07, 6.45) is 2.87. The molecule has 158 valence electrons. The van der Waals surface area contributed by atoms with E-state index in [1.165, 1.54) is 11.8 Å². The van der Waals surface area contributed by atoms with Crippen molar-refractivity contribution in [2.24, 2.45) is 0 Å². The monoisotopic (exact) mass is 405 g/mol. The molecule has 0 radical (unpaired) electrons. The summed E-state index contributed by atoms with van der Waals surface area (Å²) in [5.74, 6) is 0.578. The second-order valence-electron chi connectivity index (χ2n) is 7.65. The first kappa shape index (κ1) is 21.7. The van der Waals surface area contributed by atoms with Crippen LogP contribution in [0.15, 0.2) is 77.7 Å². The summed E-state index contributed by atoms with van der Waals surface area (Å²) < 4.78 is 7.41. The molecular formula is C25H31N3O2. The maximum absolute atomic E-state index is 12.6. The highest BCUT2D eigenvalue weighted by Crippen LogP contribution is 2.18. The van der Waals surface area contributed by atoms with Gasteiger partial charge in [0.1, 0.15) is 12.4 Å². The Balaban J connectivity index is 1.70. The summed E-state index contributed by atoms with van der Waals surface area (Å²) in [7, 11) is 4.18. The zero-order chi connectivity index (χ0) is 21.3. The van der Waals surface area contributed by atoms with E-state index in [1.54, 1.807) is 10.8 Å². The molecule has 0 aliphatic heterocycles. The Hall–Kier alpha value is -3.05. The van der Waals surface area contributed by atoms with Crippen molar-refractivity contribution in [1.82, 2.24) is 9.47 Å². The van der Waals surface area contributed by atoms with Crippen molar-refractivity contribution >= 4 is 5.69 Å². The van der Waals surface area contributed by atoms with Gasteiger partial charge in [-0.3, -0.25) is 9.36 Å². The summed E-state index contributed by atoms with van der Waals surface area (Å²) in [6, 6.07) is 21.5. The zero-order valence-electron chi connectivity index (χ0n) is 18.1. The number of pyridine rings is 1. The fourth-order valence-electron chi connectivity index (χ4n) is 3.29. The van der Waals surface area contributed by atoms with E-state index in [0.29, 0.717) is 12.4 Å². The van der Waals surface area contributed by atoms with Gasteiger partial charge in [0.2, 0.25) is 0 Å². The number of ether oxygens (including phenoxy) is 1. The second kappa shape index (κ2) is 10.6. The van der Waals surface area contributed by atoms with Crippen LogP contribution in [0.1, 0.15) is 18.9 Å². The number of benzene rings is 2. The van der Waals surface area contributed by atoms with Gasteiger partial charge in [-0.25, -0.2) is 0 Å². The summed E-state index contributed by atoms with van der Waals surface area (Å²) in [4.78, 5) is 17.2. The number of anilines is 1. The van der Waals surface area contributed by atoms with Gasteiger partial charge >= 0.3 is 0 Å². The summed E-state index contributed by atoms with van der Waals surface area (Å²) in [5, 5.41) is 0. The third-order valence-electron chi connectivity index (χ3n) is 4.94. The Morgan fingerprint density at radius 2 is 1.63 bits per heavy atom. The Bertz CT molecular complexity index is 966. The fraction of sp³-hybridized carbons (Fsp3) is 0.320. The van der Waals surface area contributed by atoms with E-state index in [2.05, 4.69) is 43.0 Å². The molecule has 0 unspecified atom stereocenters. The van der Waals surface area contributed by atoms with E-state index in [0.717, 1.165) is 37.3 Å². The van der Waals surface area contributed by atoms with Crippen LogP contribution in [0.4, 0.5) is 5.69 Å². The molecule has 3 rings (SSSR count). The molecule has 3 aromatic rings. The Kier molecular flexibility index (Phi) is 7.69. The molecule has 0 N–H and O–H groups in total. The minimum absolute atomic E-state index is 0.105. The molecular weight excluding hydrogens is 374 g/mol. The number of likely N-dealkylation sites (N-methyl/N-ethyl adjacent to an activating group) is 1. The molecule has 5 heteroatoms. The smallest absolute Gasteiger partial charge is 0.258 e. The summed E-state index contributed by atoms with van der Waals surface area (Å²) in [5.41, 5.74) is 3.00. The first-order chi connectivity index (χ1) is 14.6. The molecule has 2 aromatic carbocycles. The predicted octanol–water partition coefficient (Wildman–Crippen LogP) is 4.19. The van der Waals surface area contributed by atoms with Crippen molar-refractivity contribution in [2.45, 2.75) is 20.0 Å². The standard InChI is InChI=1S/C25H31N3O2/c1-4-15-27(18-17-26(2)3)22-10-12-23(13-11-22)28-16-14-24(19-25(28)29)30-20-21-8-6-5-7-9-21/h5-14,16,19H,4,15,17-18,20H2,1-3H3. The van der Waals surface area contributed by atoms with E-state index in [1.807, 2.05) is 48.5 Å². The van der Waals surface area contributed by atoms with Crippen molar-refractivity contribution in [3.8, 4) is 11.4 Å². The molecule has 5 nitrogen and oxygen atoms in total. The van der Waals surface area contributed by atoms with Gasteiger partial charge < -0.3 is 14.5 Å². The van der Waals surface area contributed by atoms with Crippen molar-refractivity contribution in [2.75, 3.05) is 38.6 Å². The second-order valence-corrected chi connectivity index (χ2v) is 7.65. The number of hydrogen-bond acceptors (Lipinski definition) is 4. The van der Waals surface area contributed by atoms with Crippen molar-refractivity contribution < 1.29 is 4.74 Å². The number of aromatic nitrogens is 1. The maximum atomic E-state index is 12.6.